The van der Waals surface area contributed by atoms with Gasteiger partial charge in [0.25, 0.3) is 0 Å². The van der Waals surface area contributed by atoms with Gasteiger partial charge in [0.05, 0.1) is 19.6 Å². The molecule has 7 heteroatoms. The quantitative estimate of drug-likeness (QED) is 0.688. The Morgan fingerprint density at radius 3 is 2.58 bits per heavy atom. The molecular formula is C19H22N4O2S. The van der Waals surface area contributed by atoms with E-state index in [0.717, 1.165) is 60.3 Å². The van der Waals surface area contributed by atoms with Crippen molar-refractivity contribution >= 4 is 27.4 Å². The SMILES string of the molecule is COc1ccc(CN2CCN(c3ncnc4sccc34)CC2)cc1OC. The lowest BCUT2D eigenvalue weighted by molar-refractivity contribution is 0.249. The average molecular weight is 370 g/mol. The number of piperazine rings is 1. The maximum atomic E-state index is 5.41. The summed E-state index contributed by atoms with van der Waals surface area (Å²) in [5, 5.41) is 3.24. The Kier molecular flexibility index (Phi) is 4.90. The summed E-state index contributed by atoms with van der Waals surface area (Å²) in [5.41, 5.74) is 1.23. The maximum Gasteiger partial charge on any atom is 0.161 e. The molecule has 4 rings (SSSR count). The fourth-order valence-electron chi connectivity index (χ4n) is 3.38. The molecule has 0 radical (unpaired) electrons. The predicted molar refractivity (Wildman–Crippen MR) is 104 cm³/mol. The molecule has 0 N–H and O–H groups in total. The number of hydrogen-bond acceptors (Lipinski definition) is 7. The van der Waals surface area contributed by atoms with E-state index in [9.17, 15) is 0 Å². The first-order valence-electron chi connectivity index (χ1n) is 8.65. The van der Waals surface area contributed by atoms with Gasteiger partial charge in [0.1, 0.15) is 17.0 Å². The van der Waals surface area contributed by atoms with Crippen LogP contribution in [0.3, 0.4) is 0 Å². The van der Waals surface area contributed by atoms with E-state index >= 15 is 0 Å². The van der Waals surface area contributed by atoms with Crippen molar-refractivity contribution in [3.63, 3.8) is 0 Å². The van der Waals surface area contributed by atoms with Crippen LogP contribution in [0.25, 0.3) is 10.2 Å². The van der Waals surface area contributed by atoms with Crippen LogP contribution in [0.4, 0.5) is 5.82 Å². The second kappa shape index (κ2) is 7.47. The Morgan fingerprint density at radius 2 is 1.81 bits per heavy atom. The molecule has 136 valence electrons. The highest BCUT2D eigenvalue weighted by Gasteiger charge is 2.20. The summed E-state index contributed by atoms with van der Waals surface area (Å²) in [6.45, 7) is 4.85. The van der Waals surface area contributed by atoms with Gasteiger partial charge in [-0.05, 0) is 29.1 Å². The molecular weight excluding hydrogens is 348 g/mol. The molecule has 0 amide bonds. The fourth-order valence-corrected chi connectivity index (χ4v) is 4.11. The van der Waals surface area contributed by atoms with Crippen LogP contribution in [0.2, 0.25) is 0 Å². The van der Waals surface area contributed by atoms with Crippen molar-refractivity contribution in [1.82, 2.24) is 14.9 Å². The first kappa shape index (κ1) is 17.1. The van der Waals surface area contributed by atoms with Crippen molar-refractivity contribution in [2.24, 2.45) is 0 Å². The summed E-state index contributed by atoms with van der Waals surface area (Å²) in [4.78, 5) is 14.8. The van der Waals surface area contributed by atoms with Crippen LogP contribution < -0.4 is 14.4 Å². The van der Waals surface area contributed by atoms with Gasteiger partial charge in [0.2, 0.25) is 0 Å². The van der Waals surface area contributed by atoms with Gasteiger partial charge in [-0.2, -0.15) is 0 Å². The van der Waals surface area contributed by atoms with Crippen molar-refractivity contribution in [3.05, 3.63) is 41.5 Å². The molecule has 1 fully saturated rings. The standard InChI is InChI=1S/C19H22N4O2S/c1-24-16-4-3-14(11-17(16)25-2)12-22-6-8-23(9-7-22)18-15-5-10-26-19(15)21-13-20-18/h3-5,10-11,13H,6-9,12H2,1-2H3. The number of nitrogens with zero attached hydrogens (tertiary/aromatic N) is 4. The molecule has 0 atom stereocenters. The molecule has 3 aromatic rings. The van der Waals surface area contributed by atoms with Gasteiger partial charge in [-0.3, -0.25) is 4.90 Å². The van der Waals surface area contributed by atoms with E-state index in [-0.39, 0.29) is 0 Å². The van der Waals surface area contributed by atoms with Crippen LogP contribution in [0, 0.1) is 0 Å². The molecule has 2 aromatic heterocycles. The fraction of sp³-hybridized carbons (Fsp3) is 0.368. The van der Waals surface area contributed by atoms with Gasteiger partial charge in [-0.15, -0.1) is 11.3 Å². The Morgan fingerprint density at radius 1 is 1.00 bits per heavy atom. The number of ether oxygens (including phenoxy) is 2. The van der Waals surface area contributed by atoms with Gasteiger partial charge in [0, 0.05) is 32.7 Å². The molecule has 1 aromatic carbocycles. The van der Waals surface area contributed by atoms with E-state index < -0.39 is 0 Å². The zero-order valence-corrected chi connectivity index (χ0v) is 15.8. The highest BCUT2D eigenvalue weighted by Crippen LogP contribution is 2.29. The number of rotatable bonds is 5. The number of methoxy groups -OCH3 is 2. The number of fused-ring (bicyclic) bond motifs is 1. The van der Waals surface area contributed by atoms with Crippen LogP contribution in [-0.4, -0.2) is 55.3 Å². The smallest absolute Gasteiger partial charge is 0.161 e. The van der Waals surface area contributed by atoms with Crippen molar-refractivity contribution in [3.8, 4) is 11.5 Å². The number of benzene rings is 1. The van der Waals surface area contributed by atoms with E-state index in [0.29, 0.717) is 0 Å². The molecule has 3 heterocycles. The summed E-state index contributed by atoms with van der Waals surface area (Å²) >= 11 is 1.66. The molecule has 26 heavy (non-hydrogen) atoms. The lowest BCUT2D eigenvalue weighted by Crippen LogP contribution is -2.46. The van der Waals surface area contributed by atoms with Gasteiger partial charge >= 0.3 is 0 Å². The topological polar surface area (TPSA) is 50.7 Å². The minimum Gasteiger partial charge on any atom is -0.493 e. The number of aromatic nitrogens is 2. The highest BCUT2D eigenvalue weighted by atomic mass is 32.1. The highest BCUT2D eigenvalue weighted by molar-refractivity contribution is 7.16. The average Bonchev–Trinajstić information content (AvgIpc) is 3.17. The molecule has 6 nitrogen and oxygen atoms in total. The lowest BCUT2D eigenvalue weighted by atomic mass is 10.1. The van der Waals surface area contributed by atoms with Crippen molar-refractivity contribution in [1.29, 1.82) is 0 Å². The van der Waals surface area contributed by atoms with Crippen molar-refractivity contribution in [2.45, 2.75) is 6.54 Å². The van der Waals surface area contributed by atoms with Gasteiger partial charge in [-0.1, -0.05) is 6.07 Å². The normalized spacial score (nSPS) is 15.4. The van der Waals surface area contributed by atoms with Gasteiger partial charge in [-0.25, -0.2) is 9.97 Å². The minimum atomic E-state index is 0.768. The second-order valence-electron chi connectivity index (χ2n) is 6.29. The summed E-state index contributed by atoms with van der Waals surface area (Å²) in [6.07, 6.45) is 1.67. The largest absolute Gasteiger partial charge is 0.493 e. The molecule has 0 aliphatic carbocycles. The number of thiophene rings is 1. The Labute approximate surface area is 157 Å². The van der Waals surface area contributed by atoms with E-state index in [1.54, 1.807) is 31.9 Å². The van der Waals surface area contributed by atoms with Gasteiger partial charge in [0.15, 0.2) is 11.5 Å². The summed E-state index contributed by atoms with van der Waals surface area (Å²) in [7, 11) is 3.33. The molecule has 0 bridgehead atoms. The third-order valence-corrected chi connectivity index (χ3v) is 5.59. The Balaban J connectivity index is 1.42. The summed E-state index contributed by atoms with van der Waals surface area (Å²) in [6, 6.07) is 8.25. The Bertz CT molecular complexity index is 890. The zero-order chi connectivity index (χ0) is 17.9. The first-order valence-corrected chi connectivity index (χ1v) is 9.53. The molecule has 0 spiro atoms. The van der Waals surface area contributed by atoms with Crippen LogP contribution in [0.5, 0.6) is 11.5 Å². The molecule has 0 unspecified atom stereocenters. The van der Waals surface area contributed by atoms with Crippen LogP contribution in [0.15, 0.2) is 36.0 Å². The van der Waals surface area contributed by atoms with E-state index in [2.05, 4.69) is 43.3 Å². The van der Waals surface area contributed by atoms with Crippen LogP contribution in [-0.2, 0) is 6.54 Å². The van der Waals surface area contributed by atoms with Gasteiger partial charge < -0.3 is 14.4 Å². The van der Waals surface area contributed by atoms with E-state index in [4.69, 9.17) is 9.47 Å². The van der Waals surface area contributed by atoms with Crippen molar-refractivity contribution in [2.75, 3.05) is 45.3 Å². The third-order valence-electron chi connectivity index (χ3n) is 4.77. The summed E-state index contributed by atoms with van der Waals surface area (Å²) in [5.74, 6) is 2.61. The molecule has 1 aliphatic rings. The maximum absolute atomic E-state index is 5.41. The Hall–Kier alpha value is -2.38. The van der Waals surface area contributed by atoms with Crippen molar-refractivity contribution < 1.29 is 9.47 Å². The third kappa shape index (κ3) is 3.32. The predicted octanol–water partition coefficient (Wildman–Crippen LogP) is 3.03. The summed E-state index contributed by atoms with van der Waals surface area (Å²) < 4.78 is 10.7. The number of hydrogen-bond donors (Lipinski definition) is 0. The molecule has 0 saturated carbocycles. The van der Waals surface area contributed by atoms with Crippen LogP contribution in [0.1, 0.15) is 5.56 Å². The zero-order valence-electron chi connectivity index (χ0n) is 15.0. The van der Waals surface area contributed by atoms with Crippen LogP contribution >= 0.6 is 11.3 Å². The molecule has 1 saturated heterocycles. The molecule has 1 aliphatic heterocycles. The lowest BCUT2D eigenvalue weighted by Gasteiger charge is -2.35. The monoisotopic (exact) mass is 370 g/mol. The van der Waals surface area contributed by atoms with E-state index in [1.165, 1.54) is 5.56 Å². The number of anilines is 1. The second-order valence-corrected chi connectivity index (χ2v) is 7.18. The minimum absolute atomic E-state index is 0.768. The first-order chi connectivity index (χ1) is 12.8. The van der Waals surface area contributed by atoms with E-state index in [1.807, 2.05) is 6.07 Å².